The molecular weight excluding hydrogens is 286 g/mol. The molecule has 23 heavy (non-hydrogen) atoms. The maximum absolute atomic E-state index is 5.09. The molecule has 2 aromatic rings. The zero-order chi connectivity index (χ0) is 16.5. The number of hydrogen-bond acceptors (Lipinski definition) is 4. The maximum Gasteiger partial charge on any atom is 0.0589 e. The SMILES string of the molecule is COCCN(C)CCNC(C)c1ccc(-c2ccncc2)cc1. The van der Waals surface area contributed by atoms with E-state index >= 15 is 0 Å². The Kier molecular flexibility index (Phi) is 7.20. The number of ether oxygens (including phenoxy) is 1. The molecule has 2 rings (SSSR count). The molecule has 0 saturated carbocycles. The number of aromatic nitrogens is 1. The second-order valence-electron chi connectivity index (χ2n) is 5.83. The van der Waals surface area contributed by atoms with Crippen LogP contribution in [0.25, 0.3) is 11.1 Å². The van der Waals surface area contributed by atoms with E-state index in [1.54, 1.807) is 7.11 Å². The van der Waals surface area contributed by atoms with Crippen molar-refractivity contribution in [1.82, 2.24) is 15.2 Å². The molecule has 1 N–H and O–H groups in total. The van der Waals surface area contributed by atoms with E-state index in [0.717, 1.165) is 26.2 Å². The summed E-state index contributed by atoms with van der Waals surface area (Å²) in [4.78, 5) is 6.33. The van der Waals surface area contributed by atoms with Crippen LogP contribution < -0.4 is 5.32 Å². The second kappa shape index (κ2) is 9.40. The second-order valence-corrected chi connectivity index (χ2v) is 5.83. The van der Waals surface area contributed by atoms with E-state index in [1.165, 1.54) is 16.7 Å². The Labute approximate surface area is 139 Å². The van der Waals surface area contributed by atoms with Crippen LogP contribution in [-0.4, -0.2) is 50.3 Å². The van der Waals surface area contributed by atoms with E-state index in [9.17, 15) is 0 Å². The molecule has 0 fully saturated rings. The van der Waals surface area contributed by atoms with Crippen LogP contribution in [0.15, 0.2) is 48.8 Å². The molecule has 124 valence electrons. The van der Waals surface area contributed by atoms with Crippen molar-refractivity contribution in [1.29, 1.82) is 0 Å². The fourth-order valence-electron chi connectivity index (χ4n) is 2.46. The molecular formula is C19H27N3O. The van der Waals surface area contributed by atoms with Crippen molar-refractivity contribution in [3.8, 4) is 11.1 Å². The quantitative estimate of drug-likeness (QED) is 0.772. The Hall–Kier alpha value is -1.75. The number of pyridine rings is 1. The third kappa shape index (κ3) is 5.75. The van der Waals surface area contributed by atoms with Gasteiger partial charge < -0.3 is 15.0 Å². The van der Waals surface area contributed by atoms with Gasteiger partial charge in [-0.1, -0.05) is 24.3 Å². The van der Waals surface area contributed by atoms with E-state index in [-0.39, 0.29) is 0 Å². The summed E-state index contributed by atoms with van der Waals surface area (Å²) in [7, 11) is 3.86. The molecule has 0 spiro atoms. The molecule has 4 heteroatoms. The third-order valence-corrected chi connectivity index (χ3v) is 4.05. The average Bonchev–Trinajstić information content (AvgIpc) is 2.60. The lowest BCUT2D eigenvalue weighted by Gasteiger charge is -2.19. The first-order chi connectivity index (χ1) is 11.2. The molecule has 0 saturated heterocycles. The van der Waals surface area contributed by atoms with E-state index in [0.29, 0.717) is 6.04 Å². The molecule has 1 heterocycles. The van der Waals surface area contributed by atoms with Gasteiger partial charge in [0.25, 0.3) is 0 Å². The third-order valence-electron chi connectivity index (χ3n) is 4.05. The van der Waals surface area contributed by atoms with Crippen molar-refractivity contribution in [2.45, 2.75) is 13.0 Å². The topological polar surface area (TPSA) is 37.4 Å². The van der Waals surface area contributed by atoms with Crippen LogP contribution in [0.1, 0.15) is 18.5 Å². The Balaban J connectivity index is 1.82. The van der Waals surface area contributed by atoms with Gasteiger partial charge in [0.15, 0.2) is 0 Å². The minimum absolute atomic E-state index is 0.345. The van der Waals surface area contributed by atoms with E-state index in [4.69, 9.17) is 4.74 Å². The summed E-state index contributed by atoms with van der Waals surface area (Å²) in [6.07, 6.45) is 3.65. The minimum Gasteiger partial charge on any atom is -0.383 e. The van der Waals surface area contributed by atoms with Crippen molar-refractivity contribution in [2.24, 2.45) is 0 Å². The van der Waals surface area contributed by atoms with Crippen molar-refractivity contribution in [3.63, 3.8) is 0 Å². The number of nitrogens with zero attached hydrogens (tertiary/aromatic N) is 2. The fourth-order valence-corrected chi connectivity index (χ4v) is 2.46. The van der Waals surface area contributed by atoms with Crippen LogP contribution in [0.5, 0.6) is 0 Å². The zero-order valence-electron chi connectivity index (χ0n) is 14.3. The smallest absolute Gasteiger partial charge is 0.0589 e. The van der Waals surface area contributed by atoms with Crippen molar-refractivity contribution in [3.05, 3.63) is 54.4 Å². The summed E-state index contributed by atoms with van der Waals surface area (Å²) in [5.74, 6) is 0. The Morgan fingerprint density at radius 3 is 2.35 bits per heavy atom. The Morgan fingerprint density at radius 2 is 1.70 bits per heavy atom. The summed E-state index contributed by atoms with van der Waals surface area (Å²) < 4.78 is 5.09. The molecule has 1 aromatic carbocycles. The first kappa shape index (κ1) is 17.6. The molecule has 1 aromatic heterocycles. The number of rotatable bonds is 9. The lowest BCUT2D eigenvalue weighted by atomic mass is 10.0. The lowest BCUT2D eigenvalue weighted by molar-refractivity contribution is 0.161. The Bertz CT molecular complexity index is 557. The predicted octanol–water partition coefficient (Wildman–Crippen LogP) is 2.98. The predicted molar refractivity (Wildman–Crippen MR) is 95.5 cm³/mol. The summed E-state index contributed by atoms with van der Waals surface area (Å²) in [5.41, 5.74) is 3.73. The van der Waals surface area contributed by atoms with Crippen LogP contribution in [0.3, 0.4) is 0 Å². The van der Waals surface area contributed by atoms with Gasteiger partial charge in [-0.05, 0) is 42.8 Å². The standard InChI is InChI=1S/C19H27N3O/c1-16(21-12-13-22(2)14-15-23-3)17-4-6-18(7-5-17)19-8-10-20-11-9-19/h4-11,16,21H,12-15H2,1-3H3. The Morgan fingerprint density at radius 1 is 1.04 bits per heavy atom. The lowest BCUT2D eigenvalue weighted by Crippen LogP contribution is -2.32. The van der Waals surface area contributed by atoms with Crippen LogP contribution >= 0.6 is 0 Å². The highest BCUT2D eigenvalue weighted by Crippen LogP contribution is 2.21. The van der Waals surface area contributed by atoms with Crippen molar-refractivity contribution in [2.75, 3.05) is 40.4 Å². The van der Waals surface area contributed by atoms with E-state index < -0.39 is 0 Å². The first-order valence-electron chi connectivity index (χ1n) is 8.12. The maximum atomic E-state index is 5.09. The van der Waals surface area contributed by atoms with Gasteiger partial charge in [-0.2, -0.15) is 0 Å². The van der Waals surface area contributed by atoms with Gasteiger partial charge in [-0.25, -0.2) is 0 Å². The van der Waals surface area contributed by atoms with E-state index in [1.807, 2.05) is 24.5 Å². The van der Waals surface area contributed by atoms with Gasteiger partial charge in [0.05, 0.1) is 6.61 Å². The van der Waals surface area contributed by atoms with Crippen LogP contribution in [0.4, 0.5) is 0 Å². The van der Waals surface area contributed by atoms with Gasteiger partial charge in [-0.15, -0.1) is 0 Å². The van der Waals surface area contributed by atoms with Gasteiger partial charge in [0, 0.05) is 45.2 Å². The number of nitrogens with one attached hydrogen (secondary N) is 1. The molecule has 0 aliphatic carbocycles. The molecule has 0 bridgehead atoms. The van der Waals surface area contributed by atoms with Crippen LogP contribution in [0.2, 0.25) is 0 Å². The summed E-state index contributed by atoms with van der Waals surface area (Å²) in [5, 5.41) is 3.57. The average molecular weight is 313 g/mol. The largest absolute Gasteiger partial charge is 0.383 e. The van der Waals surface area contributed by atoms with Gasteiger partial charge >= 0.3 is 0 Å². The van der Waals surface area contributed by atoms with Gasteiger partial charge in [0.2, 0.25) is 0 Å². The monoisotopic (exact) mass is 313 g/mol. The number of benzene rings is 1. The van der Waals surface area contributed by atoms with Crippen molar-refractivity contribution >= 4 is 0 Å². The molecule has 4 nitrogen and oxygen atoms in total. The van der Waals surface area contributed by atoms with Gasteiger partial charge in [-0.3, -0.25) is 4.98 Å². The highest BCUT2D eigenvalue weighted by molar-refractivity contribution is 5.62. The molecule has 0 amide bonds. The highest BCUT2D eigenvalue weighted by atomic mass is 16.5. The zero-order valence-corrected chi connectivity index (χ0v) is 14.3. The van der Waals surface area contributed by atoms with Gasteiger partial charge in [0.1, 0.15) is 0 Å². The molecule has 0 aliphatic heterocycles. The molecule has 0 aliphatic rings. The van der Waals surface area contributed by atoms with Crippen LogP contribution in [0, 0.1) is 0 Å². The first-order valence-corrected chi connectivity index (χ1v) is 8.12. The number of methoxy groups -OCH3 is 1. The normalized spacial score (nSPS) is 12.5. The summed E-state index contributed by atoms with van der Waals surface area (Å²) >= 11 is 0. The minimum atomic E-state index is 0.345. The van der Waals surface area contributed by atoms with Crippen molar-refractivity contribution < 1.29 is 4.74 Å². The summed E-state index contributed by atoms with van der Waals surface area (Å²) in [6.45, 7) is 5.93. The fraction of sp³-hybridized carbons (Fsp3) is 0.421. The van der Waals surface area contributed by atoms with Crippen LogP contribution in [-0.2, 0) is 4.74 Å². The molecule has 1 unspecified atom stereocenters. The highest BCUT2D eigenvalue weighted by Gasteiger charge is 2.06. The molecule has 1 atom stereocenters. The number of likely N-dealkylation sites (N-methyl/N-ethyl adjacent to an activating group) is 1. The van der Waals surface area contributed by atoms with E-state index in [2.05, 4.69) is 53.4 Å². The molecule has 0 radical (unpaired) electrons. The summed E-state index contributed by atoms with van der Waals surface area (Å²) in [6, 6.07) is 13.2. The number of hydrogen-bond donors (Lipinski definition) is 1.